The van der Waals surface area contributed by atoms with Crippen molar-refractivity contribution in [1.29, 1.82) is 0 Å². The molecule has 1 aliphatic rings. The van der Waals surface area contributed by atoms with Gasteiger partial charge in [-0.2, -0.15) is 8.78 Å². The normalized spacial score (nSPS) is 18.6. The second-order valence-corrected chi connectivity index (χ2v) is 7.48. The lowest BCUT2D eigenvalue weighted by Gasteiger charge is -2.33. The fraction of sp³-hybridized carbons (Fsp3) is 0.467. The molecule has 6 nitrogen and oxygen atoms in total. The van der Waals surface area contributed by atoms with E-state index >= 15 is 0 Å². The van der Waals surface area contributed by atoms with E-state index in [1.165, 1.54) is 17.0 Å². The molecule has 0 spiro atoms. The minimum atomic E-state index is -4.67. The Morgan fingerprint density at radius 3 is 2.38 bits per heavy atom. The predicted molar refractivity (Wildman–Crippen MR) is 80.3 cm³/mol. The van der Waals surface area contributed by atoms with E-state index in [4.69, 9.17) is 5.11 Å². The van der Waals surface area contributed by atoms with Crippen LogP contribution in [0.1, 0.15) is 24.8 Å². The van der Waals surface area contributed by atoms with E-state index in [9.17, 15) is 26.8 Å². The van der Waals surface area contributed by atoms with Gasteiger partial charge in [0.2, 0.25) is 15.7 Å². The second kappa shape index (κ2) is 7.25. The van der Waals surface area contributed by atoms with Gasteiger partial charge in [-0.25, -0.2) is 13.2 Å². The van der Waals surface area contributed by atoms with Crippen LogP contribution in [-0.2, 0) is 25.8 Å². The van der Waals surface area contributed by atoms with Crippen LogP contribution in [0.2, 0.25) is 0 Å². The number of likely N-dealkylation sites (tertiary alicyclic amines) is 1. The molecule has 132 valence electrons. The van der Waals surface area contributed by atoms with Crippen molar-refractivity contribution in [2.24, 2.45) is 0 Å². The maximum absolute atomic E-state index is 12.5. The van der Waals surface area contributed by atoms with Crippen LogP contribution < -0.4 is 0 Å². The number of nitrogens with zero attached hydrogens (tertiary/aromatic N) is 1. The first-order valence-corrected chi connectivity index (χ1v) is 8.91. The number of amides is 1. The topological polar surface area (TPSA) is 91.8 Å². The Kier molecular flexibility index (Phi) is 5.53. The average Bonchev–Trinajstić information content (AvgIpc) is 2.55. The fourth-order valence-corrected chi connectivity index (χ4v) is 3.38. The lowest BCUT2D eigenvalue weighted by Crippen LogP contribution is -2.48. The SMILES string of the molecule is O=C(O)C1CCCCN1C(=O)Cc1ccc(S(=O)(=O)C(F)F)cc1. The zero-order valence-electron chi connectivity index (χ0n) is 12.7. The molecule has 0 radical (unpaired) electrons. The number of aliphatic carboxylic acids is 1. The minimum absolute atomic E-state index is 0.112. The highest BCUT2D eigenvalue weighted by molar-refractivity contribution is 7.91. The zero-order chi connectivity index (χ0) is 17.9. The molecule has 1 aromatic carbocycles. The van der Waals surface area contributed by atoms with Crippen LogP contribution in [0.25, 0.3) is 0 Å². The van der Waals surface area contributed by atoms with Gasteiger partial charge in [0.25, 0.3) is 0 Å². The molecule has 1 heterocycles. The summed E-state index contributed by atoms with van der Waals surface area (Å²) in [5.74, 6) is -4.94. The van der Waals surface area contributed by atoms with Crippen molar-refractivity contribution in [3.63, 3.8) is 0 Å². The summed E-state index contributed by atoms with van der Waals surface area (Å²) in [4.78, 5) is 24.3. The Morgan fingerprint density at radius 2 is 1.83 bits per heavy atom. The Labute approximate surface area is 138 Å². The summed E-state index contributed by atoms with van der Waals surface area (Å²) in [7, 11) is -4.67. The first kappa shape index (κ1) is 18.3. The third-order valence-corrected chi connectivity index (χ3v) is 5.35. The molecule has 1 saturated heterocycles. The molecule has 1 fully saturated rings. The molecular weight excluding hydrogens is 344 g/mol. The summed E-state index contributed by atoms with van der Waals surface area (Å²) >= 11 is 0. The smallest absolute Gasteiger partial charge is 0.341 e. The molecule has 1 N–H and O–H groups in total. The highest BCUT2D eigenvalue weighted by Gasteiger charge is 2.32. The van der Waals surface area contributed by atoms with Crippen LogP contribution in [0.15, 0.2) is 29.2 Å². The van der Waals surface area contributed by atoms with Crippen molar-refractivity contribution < 1.29 is 31.9 Å². The Hall–Kier alpha value is -2.03. The maximum atomic E-state index is 12.5. The van der Waals surface area contributed by atoms with Gasteiger partial charge in [-0.05, 0) is 37.0 Å². The van der Waals surface area contributed by atoms with E-state index < -0.39 is 32.5 Å². The Morgan fingerprint density at radius 1 is 1.21 bits per heavy atom. The van der Waals surface area contributed by atoms with Gasteiger partial charge in [-0.1, -0.05) is 12.1 Å². The number of hydrogen-bond donors (Lipinski definition) is 1. The van der Waals surface area contributed by atoms with E-state index in [0.29, 0.717) is 18.5 Å². The molecule has 0 bridgehead atoms. The first-order valence-electron chi connectivity index (χ1n) is 7.36. The highest BCUT2D eigenvalue weighted by atomic mass is 32.2. The second-order valence-electron chi connectivity index (χ2n) is 5.56. The molecule has 0 aromatic heterocycles. The van der Waals surface area contributed by atoms with Crippen molar-refractivity contribution in [3.8, 4) is 0 Å². The molecule has 9 heteroatoms. The van der Waals surface area contributed by atoms with Crippen molar-refractivity contribution >= 4 is 21.7 Å². The summed E-state index contributed by atoms with van der Waals surface area (Å²) in [6, 6.07) is 3.76. The van der Waals surface area contributed by atoms with Gasteiger partial charge in [0.05, 0.1) is 11.3 Å². The van der Waals surface area contributed by atoms with Crippen LogP contribution in [0.4, 0.5) is 8.78 Å². The van der Waals surface area contributed by atoms with Gasteiger partial charge in [0, 0.05) is 6.54 Å². The predicted octanol–water partition coefficient (Wildman–Crippen LogP) is 1.69. The number of carboxylic acid groups (broad SMARTS) is 1. The van der Waals surface area contributed by atoms with E-state index in [-0.39, 0.29) is 12.3 Å². The van der Waals surface area contributed by atoms with Gasteiger partial charge in [-0.3, -0.25) is 4.79 Å². The minimum Gasteiger partial charge on any atom is -0.480 e. The van der Waals surface area contributed by atoms with Crippen LogP contribution in [-0.4, -0.2) is 48.6 Å². The summed E-state index contributed by atoms with van der Waals surface area (Å²) in [6.45, 7) is 0.355. The lowest BCUT2D eigenvalue weighted by molar-refractivity contribution is -0.151. The van der Waals surface area contributed by atoms with Crippen LogP contribution in [0, 0.1) is 0 Å². The summed E-state index contributed by atoms with van der Waals surface area (Å²) in [5, 5.41) is 9.17. The number of benzene rings is 1. The standard InChI is InChI=1S/C15H17F2NO5S/c16-15(17)24(22,23)11-6-4-10(5-7-11)9-13(19)18-8-2-1-3-12(18)14(20)21/h4-7,12,15H,1-3,8-9H2,(H,20,21). The zero-order valence-corrected chi connectivity index (χ0v) is 13.5. The van der Waals surface area contributed by atoms with Gasteiger partial charge in [0.1, 0.15) is 6.04 Å². The molecule has 24 heavy (non-hydrogen) atoms. The molecule has 1 aromatic rings. The molecule has 1 atom stereocenters. The van der Waals surface area contributed by atoms with Crippen LogP contribution >= 0.6 is 0 Å². The number of piperidine rings is 1. The van der Waals surface area contributed by atoms with Gasteiger partial charge >= 0.3 is 11.7 Å². The van der Waals surface area contributed by atoms with Crippen molar-refractivity contribution in [3.05, 3.63) is 29.8 Å². The molecule has 0 saturated carbocycles. The quantitative estimate of drug-likeness (QED) is 0.862. The van der Waals surface area contributed by atoms with Crippen molar-refractivity contribution in [1.82, 2.24) is 4.90 Å². The largest absolute Gasteiger partial charge is 0.480 e. The van der Waals surface area contributed by atoms with Crippen LogP contribution in [0.3, 0.4) is 0 Å². The molecule has 1 aliphatic heterocycles. The van der Waals surface area contributed by atoms with Gasteiger partial charge in [-0.15, -0.1) is 0 Å². The number of carbonyl (C=O) groups excluding carboxylic acids is 1. The van der Waals surface area contributed by atoms with Crippen molar-refractivity contribution in [2.45, 2.75) is 42.4 Å². The summed E-state index contributed by atoms with van der Waals surface area (Å²) in [5.41, 5.74) is 0.433. The molecule has 2 rings (SSSR count). The Balaban J connectivity index is 2.11. The third kappa shape index (κ3) is 3.89. The number of alkyl halides is 2. The van der Waals surface area contributed by atoms with Crippen LogP contribution in [0.5, 0.6) is 0 Å². The van der Waals surface area contributed by atoms with E-state index in [1.54, 1.807) is 0 Å². The number of hydrogen-bond acceptors (Lipinski definition) is 4. The van der Waals surface area contributed by atoms with Crippen molar-refractivity contribution in [2.75, 3.05) is 6.54 Å². The highest BCUT2D eigenvalue weighted by Crippen LogP contribution is 2.21. The first-order chi connectivity index (χ1) is 11.2. The molecule has 0 aliphatic carbocycles. The maximum Gasteiger partial charge on any atom is 0.341 e. The monoisotopic (exact) mass is 361 g/mol. The van der Waals surface area contributed by atoms with Gasteiger partial charge < -0.3 is 10.0 Å². The lowest BCUT2D eigenvalue weighted by atomic mass is 10.0. The fourth-order valence-electron chi connectivity index (χ4n) is 2.66. The molecular formula is C15H17F2NO5S. The Bertz CT molecular complexity index is 718. The number of carbonyl (C=O) groups is 2. The average molecular weight is 361 g/mol. The number of sulfone groups is 1. The number of carboxylic acids is 1. The van der Waals surface area contributed by atoms with E-state index in [0.717, 1.165) is 25.0 Å². The van der Waals surface area contributed by atoms with Gasteiger partial charge in [0.15, 0.2) is 0 Å². The number of rotatable bonds is 5. The molecule has 1 unspecified atom stereocenters. The van der Waals surface area contributed by atoms with E-state index in [2.05, 4.69) is 0 Å². The number of halogens is 2. The summed E-state index contributed by atoms with van der Waals surface area (Å²) < 4.78 is 47.6. The third-order valence-electron chi connectivity index (χ3n) is 3.95. The molecule has 1 amide bonds. The summed E-state index contributed by atoms with van der Waals surface area (Å²) in [6.07, 6.45) is 1.74. The van der Waals surface area contributed by atoms with E-state index in [1.807, 2.05) is 0 Å².